The fraction of sp³-hybridized carbons (Fsp3) is 0.500. The van der Waals surface area contributed by atoms with E-state index in [4.69, 9.17) is 20.4 Å². The summed E-state index contributed by atoms with van der Waals surface area (Å²) in [5, 5.41) is 34.7. The van der Waals surface area contributed by atoms with E-state index in [-0.39, 0.29) is 18.0 Å². The highest BCUT2D eigenvalue weighted by Crippen LogP contribution is 2.53. The summed E-state index contributed by atoms with van der Waals surface area (Å²) in [7, 11) is 0. The van der Waals surface area contributed by atoms with Crippen LogP contribution in [0.3, 0.4) is 0 Å². The Bertz CT molecular complexity index is 1430. The molecule has 12 nitrogen and oxygen atoms in total. The molecule has 0 aromatic carbocycles. The number of nitrogens with two attached hydrogens (primary N) is 1. The smallest absolute Gasteiger partial charge is 0.320 e. The summed E-state index contributed by atoms with van der Waals surface area (Å²) in [6.07, 6.45) is 5.73. The lowest BCUT2D eigenvalue weighted by molar-refractivity contribution is 0.273. The van der Waals surface area contributed by atoms with Gasteiger partial charge >= 0.3 is 6.01 Å². The molecule has 3 aliphatic heterocycles. The van der Waals surface area contributed by atoms with Crippen molar-refractivity contribution < 1.29 is 4.74 Å². The lowest BCUT2D eigenvalue weighted by Crippen LogP contribution is -2.59. The van der Waals surface area contributed by atoms with Crippen molar-refractivity contribution in [2.75, 3.05) is 41.7 Å². The minimum atomic E-state index is -0.137. The van der Waals surface area contributed by atoms with Gasteiger partial charge in [-0.25, -0.2) is 0 Å². The van der Waals surface area contributed by atoms with Crippen molar-refractivity contribution >= 4 is 28.0 Å². The zero-order valence-electron chi connectivity index (χ0n) is 20.1. The van der Waals surface area contributed by atoms with Crippen molar-refractivity contribution in [1.82, 2.24) is 30.7 Å². The Balaban J connectivity index is 1.24. The molecule has 3 fully saturated rings. The van der Waals surface area contributed by atoms with E-state index in [0.717, 1.165) is 44.3 Å². The van der Waals surface area contributed by atoms with Crippen LogP contribution in [0.1, 0.15) is 46.5 Å². The normalized spacial score (nSPS) is 23.0. The average molecular weight is 516 g/mol. The number of H-pyrrole nitrogens is 1. The van der Waals surface area contributed by atoms with Crippen molar-refractivity contribution in [1.29, 1.82) is 10.5 Å². The summed E-state index contributed by atoms with van der Waals surface area (Å²) in [5.74, 6) is 1.20. The Hall–Kier alpha value is -3.94. The fourth-order valence-electron chi connectivity index (χ4n) is 6.42. The summed E-state index contributed by atoms with van der Waals surface area (Å²) in [5.41, 5.74) is 8.84. The molecule has 3 aromatic heterocycles. The van der Waals surface area contributed by atoms with Gasteiger partial charge in [0.25, 0.3) is 0 Å². The predicted molar refractivity (Wildman–Crippen MR) is 135 cm³/mol. The molecule has 3 saturated heterocycles. The van der Waals surface area contributed by atoms with Crippen LogP contribution >= 0.6 is 11.3 Å². The molecule has 4 N–H and O–H groups in total. The van der Waals surface area contributed by atoms with E-state index in [2.05, 4.69) is 42.7 Å². The minimum Gasteiger partial charge on any atom is -0.457 e. The maximum absolute atomic E-state index is 10.3. The molecule has 4 aliphatic rings. The number of nitrogen functional groups attached to an aromatic ring is 1. The second kappa shape index (κ2) is 8.30. The summed E-state index contributed by atoms with van der Waals surface area (Å²) >= 11 is 1.53. The van der Waals surface area contributed by atoms with Crippen LogP contribution in [0.2, 0.25) is 0 Å². The third-order valence-electron chi connectivity index (χ3n) is 8.06. The van der Waals surface area contributed by atoms with Crippen LogP contribution < -0.4 is 25.6 Å². The van der Waals surface area contributed by atoms with Gasteiger partial charge in [-0.15, -0.1) is 11.3 Å². The van der Waals surface area contributed by atoms with Gasteiger partial charge in [0.1, 0.15) is 35.0 Å². The standard InChI is InChI=1S/C24H25N11OS/c25-5-16-19-18(37-20(16)27)3-4-24(19)11-35(12-24)22-17(6-26)21(34-8-13-1-2-14(9-34)29-13)30-23(31-22)36-10-15-7-28-33-32-15/h7,13-14,29H,1-4,8-12,27H2,(H,28,32,33)/t13-,14+. The largest absolute Gasteiger partial charge is 0.457 e. The van der Waals surface area contributed by atoms with E-state index < -0.39 is 0 Å². The number of hydrogen-bond acceptors (Lipinski definition) is 12. The molecule has 37 heavy (non-hydrogen) atoms. The molecule has 0 unspecified atom stereocenters. The first-order valence-corrected chi connectivity index (χ1v) is 13.3. The van der Waals surface area contributed by atoms with Crippen LogP contribution in [0.25, 0.3) is 0 Å². The number of aromatic nitrogens is 5. The van der Waals surface area contributed by atoms with Crippen LogP contribution in [0.5, 0.6) is 6.01 Å². The molecule has 1 spiro atoms. The highest BCUT2D eigenvalue weighted by atomic mass is 32.1. The van der Waals surface area contributed by atoms with Gasteiger partial charge in [0, 0.05) is 48.6 Å². The number of anilines is 3. The molecule has 0 saturated carbocycles. The number of nitriles is 2. The SMILES string of the molecule is N#Cc1c(N2C[C@H]3CC[C@@H](C2)N3)nc(OCc2cn[nH]n2)nc1N1CC2(CCc3sc(N)c(C#N)c32)C1. The number of nitrogens with zero attached hydrogens (tertiary/aromatic N) is 8. The number of aryl methyl sites for hydroxylation is 1. The molecule has 13 heteroatoms. The summed E-state index contributed by atoms with van der Waals surface area (Å²) in [6, 6.07) is 5.72. The summed E-state index contributed by atoms with van der Waals surface area (Å²) in [6.45, 7) is 3.09. The number of piperazine rings is 1. The number of hydrogen-bond donors (Lipinski definition) is 3. The fourth-order valence-corrected chi connectivity index (χ4v) is 7.56. The molecule has 7 rings (SSSR count). The van der Waals surface area contributed by atoms with E-state index in [0.29, 0.717) is 58.6 Å². The van der Waals surface area contributed by atoms with Crippen molar-refractivity contribution in [3.8, 4) is 18.1 Å². The molecule has 6 heterocycles. The first kappa shape index (κ1) is 22.3. The van der Waals surface area contributed by atoms with Crippen LogP contribution in [0.4, 0.5) is 16.6 Å². The molecule has 0 amide bonds. The zero-order chi connectivity index (χ0) is 25.1. The average Bonchev–Trinajstić information content (AvgIpc) is 3.66. The van der Waals surface area contributed by atoms with Gasteiger partial charge in [-0.2, -0.15) is 35.9 Å². The molecule has 0 radical (unpaired) electrons. The Morgan fingerprint density at radius 3 is 2.51 bits per heavy atom. The third kappa shape index (κ3) is 3.49. The Morgan fingerprint density at radius 1 is 1.11 bits per heavy atom. The number of aromatic amines is 1. The van der Waals surface area contributed by atoms with Gasteiger partial charge in [-0.3, -0.25) is 0 Å². The summed E-state index contributed by atoms with van der Waals surface area (Å²) in [4.78, 5) is 15.0. The quantitative estimate of drug-likeness (QED) is 0.446. The minimum absolute atomic E-state index is 0.137. The number of ether oxygens (including phenoxy) is 1. The molecular weight excluding hydrogens is 490 g/mol. The Morgan fingerprint density at radius 2 is 1.84 bits per heavy atom. The number of fused-ring (bicyclic) bond motifs is 4. The lowest BCUT2D eigenvalue weighted by atomic mass is 9.74. The van der Waals surface area contributed by atoms with Crippen molar-refractivity contribution in [3.05, 3.63) is 33.5 Å². The first-order valence-electron chi connectivity index (χ1n) is 12.4. The topological polar surface area (TPSA) is 169 Å². The van der Waals surface area contributed by atoms with Crippen LogP contribution in [-0.4, -0.2) is 63.6 Å². The van der Waals surface area contributed by atoms with Crippen molar-refractivity contribution in [2.45, 2.75) is 49.8 Å². The Labute approximate surface area is 217 Å². The highest BCUT2D eigenvalue weighted by molar-refractivity contribution is 7.16. The maximum atomic E-state index is 10.3. The van der Waals surface area contributed by atoms with Crippen molar-refractivity contribution in [3.63, 3.8) is 0 Å². The maximum Gasteiger partial charge on any atom is 0.320 e. The van der Waals surface area contributed by atoms with Crippen LogP contribution in [0, 0.1) is 22.7 Å². The number of thiophene rings is 1. The highest BCUT2D eigenvalue weighted by Gasteiger charge is 2.52. The molecular formula is C24H25N11OS. The van der Waals surface area contributed by atoms with Gasteiger partial charge in [0.15, 0.2) is 11.6 Å². The van der Waals surface area contributed by atoms with Crippen molar-refractivity contribution in [2.24, 2.45) is 0 Å². The van der Waals surface area contributed by atoms with Gasteiger partial charge in [0.2, 0.25) is 0 Å². The third-order valence-corrected chi connectivity index (χ3v) is 9.14. The molecule has 2 atom stereocenters. The molecule has 2 bridgehead atoms. The van der Waals surface area contributed by atoms with Gasteiger partial charge in [0.05, 0.1) is 11.8 Å². The monoisotopic (exact) mass is 515 g/mol. The van der Waals surface area contributed by atoms with E-state index in [1.165, 1.54) is 16.2 Å². The van der Waals surface area contributed by atoms with E-state index >= 15 is 0 Å². The predicted octanol–water partition coefficient (Wildman–Crippen LogP) is 1.21. The van der Waals surface area contributed by atoms with Gasteiger partial charge < -0.3 is 25.6 Å². The van der Waals surface area contributed by atoms with E-state index in [1.54, 1.807) is 6.20 Å². The number of nitrogens with one attached hydrogen (secondary N) is 2. The summed E-state index contributed by atoms with van der Waals surface area (Å²) < 4.78 is 5.94. The molecule has 1 aliphatic carbocycles. The zero-order valence-corrected chi connectivity index (χ0v) is 20.9. The van der Waals surface area contributed by atoms with E-state index in [1.807, 2.05) is 0 Å². The Kier molecular flexibility index (Phi) is 4.99. The second-order valence-corrected chi connectivity index (χ2v) is 11.5. The lowest BCUT2D eigenvalue weighted by Gasteiger charge is -2.49. The first-order chi connectivity index (χ1) is 18.1. The molecule has 188 valence electrons. The molecule has 3 aromatic rings. The van der Waals surface area contributed by atoms with Crippen LogP contribution in [0.15, 0.2) is 6.20 Å². The number of rotatable bonds is 5. The van der Waals surface area contributed by atoms with Crippen LogP contribution in [-0.2, 0) is 18.4 Å². The van der Waals surface area contributed by atoms with E-state index in [9.17, 15) is 10.5 Å². The van der Waals surface area contributed by atoms with Gasteiger partial charge in [-0.05, 0) is 31.2 Å². The van der Waals surface area contributed by atoms with Gasteiger partial charge in [-0.1, -0.05) is 0 Å². The second-order valence-electron chi connectivity index (χ2n) is 10.3.